The van der Waals surface area contributed by atoms with Gasteiger partial charge in [-0.1, -0.05) is 48.3 Å². The molecule has 7 nitrogen and oxygen atoms in total. The van der Waals surface area contributed by atoms with Gasteiger partial charge in [0.1, 0.15) is 19.5 Å². The average Bonchev–Trinajstić information content (AvgIpc) is 3.49. The Morgan fingerprint density at radius 2 is 1.94 bits per heavy atom. The number of halogens is 1. The molecule has 3 aromatic rings. The molecule has 0 bridgehead atoms. The second kappa shape index (κ2) is 9.27. The van der Waals surface area contributed by atoms with Crippen molar-refractivity contribution < 1.29 is 14.3 Å². The van der Waals surface area contributed by atoms with Crippen LogP contribution in [0.15, 0.2) is 47.9 Å². The van der Waals surface area contributed by atoms with Crippen molar-refractivity contribution in [2.45, 2.75) is 43.3 Å². The minimum absolute atomic E-state index is 0.0340. The monoisotopic (exact) mass is 484 g/mol. The van der Waals surface area contributed by atoms with Crippen LogP contribution in [0.1, 0.15) is 36.8 Å². The highest BCUT2D eigenvalue weighted by Gasteiger charge is 2.38. The van der Waals surface area contributed by atoms with Crippen LogP contribution in [0.25, 0.3) is 5.69 Å². The molecule has 1 amide bonds. The molecule has 1 aliphatic heterocycles. The number of amides is 1. The largest absolute Gasteiger partial charge is 0.486 e. The molecule has 1 N–H and O–H groups in total. The number of nitrogens with zero attached hydrogens (tertiary/aromatic N) is 3. The maximum Gasteiger partial charge on any atom is 0.231 e. The highest BCUT2D eigenvalue weighted by Crippen LogP contribution is 2.42. The fourth-order valence-corrected chi connectivity index (χ4v) is 5.37. The summed E-state index contributed by atoms with van der Waals surface area (Å²) in [7, 11) is 0. The molecule has 0 radical (unpaired) electrons. The van der Waals surface area contributed by atoms with Gasteiger partial charge < -0.3 is 14.8 Å². The van der Waals surface area contributed by atoms with E-state index in [1.165, 1.54) is 11.8 Å². The molecule has 0 saturated heterocycles. The lowest BCUT2D eigenvalue weighted by Gasteiger charge is -2.32. The van der Waals surface area contributed by atoms with Gasteiger partial charge in [-0.2, -0.15) is 0 Å². The number of thioether (sulfide) groups is 1. The molecule has 0 atom stereocenters. The van der Waals surface area contributed by atoms with Gasteiger partial charge in [0, 0.05) is 5.02 Å². The van der Waals surface area contributed by atoms with Crippen LogP contribution in [0.3, 0.4) is 0 Å². The molecule has 2 heterocycles. The Morgan fingerprint density at radius 1 is 1.15 bits per heavy atom. The third-order valence-electron chi connectivity index (χ3n) is 6.21. The summed E-state index contributed by atoms with van der Waals surface area (Å²) >= 11 is 7.64. The summed E-state index contributed by atoms with van der Waals surface area (Å²) in [5, 5.41) is 12.9. The minimum Gasteiger partial charge on any atom is -0.486 e. The Morgan fingerprint density at radius 3 is 2.73 bits per heavy atom. The van der Waals surface area contributed by atoms with E-state index >= 15 is 0 Å². The Hall–Kier alpha value is -2.71. The SMILES string of the molecule is Cc1ccc(-n2cnnc2SCC(=O)NC2(c3ccc4c(c3)OCCO4)CCCC2)cc1Cl. The number of fused-ring (bicyclic) bond motifs is 1. The van der Waals surface area contributed by atoms with E-state index in [0.717, 1.165) is 54.0 Å². The summed E-state index contributed by atoms with van der Waals surface area (Å²) in [6.45, 7) is 3.06. The first-order valence-electron chi connectivity index (χ1n) is 11.0. The quantitative estimate of drug-likeness (QED) is 0.512. The third-order valence-corrected chi connectivity index (χ3v) is 7.56. The van der Waals surface area contributed by atoms with E-state index in [1.54, 1.807) is 6.33 Å². The Labute approximate surface area is 201 Å². The zero-order chi connectivity index (χ0) is 22.8. The van der Waals surface area contributed by atoms with Crippen molar-refractivity contribution in [1.29, 1.82) is 0 Å². The normalized spacial score (nSPS) is 16.5. The topological polar surface area (TPSA) is 78.3 Å². The first kappa shape index (κ1) is 22.1. The van der Waals surface area contributed by atoms with Crippen molar-refractivity contribution in [1.82, 2.24) is 20.1 Å². The number of aromatic nitrogens is 3. The summed E-state index contributed by atoms with van der Waals surface area (Å²) in [4.78, 5) is 13.0. The van der Waals surface area contributed by atoms with Gasteiger partial charge in [0.15, 0.2) is 16.7 Å². The number of rotatable bonds is 6. The number of nitrogens with one attached hydrogen (secondary N) is 1. The fourth-order valence-electron chi connectivity index (χ4n) is 4.47. The average molecular weight is 485 g/mol. The molecule has 0 unspecified atom stereocenters. The van der Waals surface area contributed by atoms with Gasteiger partial charge in [-0.05, 0) is 55.2 Å². The summed E-state index contributed by atoms with van der Waals surface area (Å²) in [6.07, 6.45) is 5.59. The van der Waals surface area contributed by atoms with Crippen LogP contribution in [-0.4, -0.2) is 39.6 Å². The molecule has 2 aliphatic rings. The number of carbonyl (C=O) groups is 1. The molecule has 2 aromatic carbocycles. The maximum absolute atomic E-state index is 13.0. The van der Waals surface area contributed by atoms with E-state index in [1.807, 2.05) is 47.9 Å². The molecule has 0 spiro atoms. The number of hydrogen-bond acceptors (Lipinski definition) is 6. The van der Waals surface area contributed by atoms with E-state index in [-0.39, 0.29) is 17.2 Å². The smallest absolute Gasteiger partial charge is 0.231 e. The number of hydrogen-bond donors (Lipinski definition) is 1. The highest BCUT2D eigenvalue weighted by molar-refractivity contribution is 7.99. The highest BCUT2D eigenvalue weighted by atomic mass is 35.5. The van der Waals surface area contributed by atoms with Gasteiger partial charge >= 0.3 is 0 Å². The Kier molecular flexibility index (Phi) is 6.21. The predicted octanol–water partition coefficient (Wildman–Crippen LogP) is 4.68. The molecule has 1 aliphatic carbocycles. The van der Waals surface area contributed by atoms with E-state index < -0.39 is 0 Å². The number of benzene rings is 2. The molecule has 172 valence electrons. The molecule has 1 saturated carbocycles. The molecule has 33 heavy (non-hydrogen) atoms. The summed E-state index contributed by atoms with van der Waals surface area (Å²) in [5.41, 5.74) is 2.55. The number of carbonyl (C=O) groups excluding carboxylic acids is 1. The summed E-state index contributed by atoms with van der Waals surface area (Å²) in [6, 6.07) is 11.8. The van der Waals surface area contributed by atoms with Gasteiger partial charge in [-0.3, -0.25) is 9.36 Å². The summed E-state index contributed by atoms with van der Waals surface area (Å²) in [5.74, 6) is 1.72. The first-order chi connectivity index (χ1) is 16.0. The number of ether oxygens (including phenoxy) is 2. The van der Waals surface area contributed by atoms with E-state index in [9.17, 15) is 4.79 Å². The molecule has 1 aromatic heterocycles. The molecule has 9 heteroatoms. The third kappa shape index (κ3) is 4.54. The Bertz CT molecular complexity index is 1180. The second-order valence-corrected chi connectivity index (χ2v) is 9.75. The van der Waals surface area contributed by atoms with Crippen LogP contribution >= 0.6 is 23.4 Å². The van der Waals surface area contributed by atoms with Crippen molar-refractivity contribution in [3.63, 3.8) is 0 Å². The van der Waals surface area contributed by atoms with Gasteiger partial charge in [0.05, 0.1) is 17.0 Å². The van der Waals surface area contributed by atoms with E-state index in [4.69, 9.17) is 21.1 Å². The summed E-state index contributed by atoms with van der Waals surface area (Å²) < 4.78 is 13.3. The van der Waals surface area contributed by atoms with Gasteiger partial charge in [0.25, 0.3) is 0 Å². The van der Waals surface area contributed by atoms with Crippen molar-refractivity contribution >= 4 is 29.3 Å². The van der Waals surface area contributed by atoms with Gasteiger partial charge in [-0.15, -0.1) is 10.2 Å². The van der Waals surface area contributed by atoms with E-state index in [2.05, 4.69) is 15.5 Å². The van der Waals surface area contributed by atoms with Crippen molar-refractivity contribution in [2.24, 2.45) is 0 Å². The lowest BCUT2D eigenvalue weighted by Crippen LogP contribution is -2.44. The van der Waals surface area contributed by atoms with Crippen molar-refractivity contribution in [3.05, 3.63) is 58.9 Å². The zero-order valence-corrected chi connectivity index (χ0v) is 19.9. The first-order valence-corrected chi connectivity index (χ1v) is 12.4. The van der Waals surface area contributed by atoms with Gasteiger partial charge in [-0.25, -0.2) is 0 Å². The Balaban J connectivity index is 1.30. The van der Waals surface area contributed by atoms with Crippen molar-refractivity contribution in [3.8, 4) is 17.2 Å². The second-order valence-electron chi connectivity index (χ2n) is 8.40. The standard InChI is InChI=1S/C24H25ClN4O3S/c1-16-4-6-18(13-19(16)25)29-15-26-28-23(29)33-14-22(30)27-24(8-2-3-9-24)17-5-7-20-21(12-17)32-11-10-31-20/h4-7,12-13,15H,2-3,8-11,14H2,1H3,(H,27,30). The molecular formula is C24H25ClN4O3S. The number of aryl methyl sites for hydroxylation is 1. The fraction of sp³-hybridized carbons (Fsp3) is 0.375. The lowest BCUT2D eigenvalue weighted by molar-refractivity contribution is -0.120. The predicted molar refractivity (Wildman–Crippen MR) is 128 cm³/mol. The van der Waals surface area contributed by atoms with Crippen LogP contribution in [0.5, 0.6) is 11.5 Å². The minimum atomic E-state index is -0.383. The van der Waals surface area contributed by atoms with Gasteiger partial charge in [0.2, 0.25) is 5.91 Å². The molecule has 5 rings (SSSR count). The zero-order valence-electron chi connectivity index (χ0n) is 18.3. The van der Waals surface area contributed by atoms with Crippen LogP contribution in [0, 0.1) is 6.92 Å². The lowest BCUT2D eigenvalue weighted by atomic mass is 9.87. The van der Waals surface area contributed by atoms with Crippen LogP contribution in [0.4, 0.5) is 0 Å². The van der Waals surface area contributed by atoms with Crippen LogP contribution in [-0.2, 0) is 10.3 Å². The van der Waals surface area contributed by atoms with Crippen LogP contribution in [0.2, 0.25) is 5.02 Å². The molecule has 1 fully saturated rings. The van der Waals surface area contributed by atoms with Crippen molar-refractivity contribution in [2.75, 3.05) is 19.0 Å². The van der Waals surface area contributed by atoms with Crippen LogP contribution < -0.4 is 14.8 Å². The van der Waals surface area contributed by atoms with E-state index in [0.29, 0.717) is 23.4 Å². The molecular weight excluding hydrogens is 460 g/mol. The maximum atomic E-state index is 13.0.